The van der Waals surface area contributed by atoms with Gasteiger partial charge in [0.05, 0.1) is 11.4 Å². The molecule has 0 saturated heterocycles. The maximum Gasteiger partial charge on any atom is 0.265 e. The van der Waals surface area contributed by atoms with E-state index >= 15 is 0 Å². The number of thioether (sulfide) groups is 1. The van der Waals surface area contributed by atoms with Gasteiger partial charge in [-0.2, -0.15) is 0 Å². The minimum Gasteiger partial charge on any atom is -0.479 e. The molecule has 2 aromatic carbocycles. The van der Waals surface area contributed by atoms with Crippen LogP contribution in [0.1, 0.15) is 18.1 Å². The average molecular weight is 356 g/mol. The molecule has 0 aliphatic carbocycles. The van der Waals surface area contributed by atoms with Crippen LogP contribution >= 0.6 is 11.8 Å². The van der Waals surface area contributed by atoms with Crippen molar-refractivity contribution in [1.82, 2.24) is 0 Å². The molecule has 0 fully saturated rings. The lowest BCUT2D eigenvalue weighted by Gasteiger charge is -2.23. The van der Waals surface area contributed by atoms with E-state index in [4.69, 9.17) is 4.74 Å². The monoisotopic (exact) mass is 356 g/mol. The summed E-state index contributed by atoms with van der Waals surface area (Å²) >= 11 is 1.51. The fourth-order valence-corrected chi connectivity index (χ4v) is 3.41. The summed E-state index contributed by atoms with van der Waals surface area (Å²) in [6.07, 6.45) is -0.512. The number of benzene rings is 2. The van der Waals surface area contributed by atoms with Crippen LogP contribution in [0.25, 0.3) is 0 Å². The molecule has 0 aromatic heterocycles. The van der Waals surface area contributed by atoms with Gasteiger partial charge in [0, 0.05) is 10.6 Å². The van der Waals surface area contributed by atoms with E-state index < -0.39 is 6.10 Å². The number of rotatable bonds is 4. The van der Waals surface area contributed by atoms with Crippen LogP contribution < -0.4 is 15.4 Å². The summed E-state index contributed by atoms with van der Waals surface area (Å²) in [5.74, 6) is 0.639. The second kappa shape index (κ2) is 7.19. The van der Waals surface area contributed by atoms with E-state index in [2.05, 4.69) is 28.8 Å². The van der Waals surface area contributed by atoms with Gasteiger partial charge in [0.25, 0.3) is 5.91 Å². The molecule has 3 rings (SSSR count). The Bertz CT molecular complexity index is 835. The second-order valence-electron chi connectivity index (χ2n) is 6.07. The number of anilines is 2. The van der Waals surface area contributed by atoms with Crippen molar-refractivity contribution in [3.05, 3.63) is 47.5 Å². The van der Waals surface area contributed by atoms with Gasteiger partial charge in [-0.15, -0.1) is 11.8 Å². The van der Waals surface area contributed by atoms with Crippen molar-refractivity contribution in [1.29, 1.82) is 0 Å². The molecular weight excluding hydrogens is 336 g/mol. The van der Waals surface area contributed by atoms with Crippen LogP contribution in [0.5, 0.6) is 5.75 Å². The zero-order valence-corrected chi connectivity index (χ0v) is 15.2. The van der Waals surface area contributed by atoms with Crippen LogP contribution in [0.3, 0.4) is 0 Å². The predicted octanol–water partition coefficient (Wildman–Crippen LogP) is 3.75. The van der Waals surface area contributed by atoms with Gasteiger partial charge in [-0.3, -0.25) is 9.59 Å². The predicted molar refractivity (Wildman–Crippen MR) is 100 cm³/mol. The number of hydrogen-bond acceptors (Lipinski definition) is 4. The fourth-order valence-electron chi connectivity index (χ4n) is 2.49. The van der Waals surface area contributed by atoms with E-state index in [0.29, 0.717) is 22.9 Å². The van der Waals surface area contributed by atoms with Crippen molar-refractivity contribution < 1.29 is 14.3 Å². The lowest BCUT2D eigenvalue weighted by atomic mass is 10.2. The maximum atomic E-state index is 12.2. The number of ether oxygens (including phenoxy) is 1. The van der Waals surface area contributed by atoms with Crippen molar-refractivity contribution in [3.8, 4) is 5.75 Å². The molecular formula is C19H20N2O3S. The first kappa shape index (κ1) is 17.4. The lowest BCUT2D eigenvalue weighted by Crippen LogP contribution is -2.34. The van der Waals surface area contributed by atoms with Crippen LogP contribution in [0.4, 0.5) is 11.4 Å². The van der Waals surface area contributed by atoms with Crippen molar-refractivity contribution in [2.24, 2.45) is 0 Å². The van der Waals surface area contributed by atoms with Gasteiger partial charge in [0.2, 0.25) is 5.91 Å². The topological polar surface area (TPSA) is 67.4 Å². The van der Waals surface area contributed by atoms with Gasteiger partial charge >= 0.3 is 0 Å². The zero-order chi connectivity index (χ0) is 18.0. The molecule has 1 aliphatic heterocycles. The van der Waals surface area contributed by atoms with E-state index in [1.54, 1.807) is 25.1 Å². The molecule has 0 unspecified atom stereocenters. The SMILES string of the molecule is Cc1ccc(C)c(SCC(=O)Nc2ccc3c(c2)NC(=O)[C@@H](C)O3)c1. The maximum absolute atomic E-state index is 12.2. The summed E-state index contributed by atoms with van der Waals surface area (Å²) in [6.45, 7) is 5.76. The zero-order valence-electron chi connectivity index (χ0n) is 14.4. The Labute approximate surface area is 151 Å². The van der Waals surface area contributed by atoms with E-state index in [-0.39, 0.29) is 11.8 Å². The number of carbonyl (C=O) groups is 2. The third-order valence-corrected chi connectivity index (χ3v) is 5.05. The highest BCUT2D eigenvalue weighted by Gasteiger charge is 2.23. The molecule has 2 amide bonds. The lowest BCUT2D eigenvalue weighted by molar-refractivity contribution is -0.122. The van der Waals surface area contributed by atoms with Gasteiger partial charge in [0.15, 0.2) is 6.10 Å². The van der Waals surface area contributed by atoms with E-state index in [0.717, 1.165) is 10.5 Å². The molecule has 2 aromatic rings. The summed E-state index contributed by atoms with van der Waals surface area (Å²) in [4.78, 5) is 25.0. The number of fused-ring (bicyclic) bond motifs is 1. The van der Waals surface area contributed by atoms with E-state index in [1.807, 2.05) is 13.8 Å². The largest absolute Gasteiger partial charge is 0.479 e. The minimum atomic E-state index is -0.512. The first-order valence-electron chi connectivity index (χ1n) is 8.04. The molecule has 1 heterocycles. The van der Waals surface area contributed by atoms with Gasteiger partial charge in [-0.1, -0.05) is 17.7 Å². The molecule has 0 spiro atoms. The number of hydrogen-bond donors (Lipinski definition) is 2. The van der Waals surface area contributed by atoms with Crippen LogP contribution in [-0.4, -0.2) is 23.7 Å². The van der Waals surface area contributed by atoms with E-state index in [1.165, 1.54) is 17.3 Å². The van der Waals surface area contributed by atoms with Gasteiger partial charge in [-0.05, 0) is 50.6 Å². The molecule has 1 atom stereocenters. The number of nitrogens with one attached hydrogen (secondary N) is 2. The minimum absolute atomic E-state index is 0.0951. The van der Waals surface area contributed by atoms with Crippen LogP contribution in [0.15, 0.2) is 41.3 Å². The Kier molecular flexibility index (Phi) is 4.99. The fraction of sp³-hybridized carbons (Fsp3) is 0.263. The molecule has 2 N–H and O–H groups in total. The molecule has 0 bridgehead atoms. The van der Waals surface area contributed by atoms with E-state index in [9.17, 15) is 9.59 Å². The number of carbonyl (C=O) groups excluding carboxylic acids is 2. The molecule has 6 heteroatoms. The first-order valence-corrected chi connectivity index (χ1v) is 9.02. The van der Waals surface area contributed by atoms with Crippen molar-refractivity contribution in [2.45, 2.75) is 31.8 Å². The summed E-state index contributed by atoms with van der Waals surface area (Å²) in [5, 5.41) is 5.63. The van der Waals surface area contributed by atoms with Crippen LogP contribution in [0.2, 0.25) is 0 Å². The molecule has 0 saturated carbocycles. The molecule has 5 nitrogen and oxygen atoms in total. The summed E-state index contributed by atoms with van der Waals surface area (Å²) in [5.41, 5.74) is 3.53. The van der Waals surface area contributed by atoms with Crippen LogP contribution in [0, 0.1) is 13.8 Å². The van der Waals surface area contributed by atoms with Gasteiger partial charge in [0.1, 0.15) is 5.75 Å². The molecule has 1 aliphatic rings. The number of amides is 2. The quantitative estimate of drug-likeness (QED) is 0.819. The van der Waals surface area contributed by atoms with Gasteiger partial charge < -0.3 is 15.4 Å². The second-order valence-corrected chi connectivity index (χ2v) is 7.08. The van der Waals surface area contributed by atoms with Gasteiger partial charge in [-0.25, -0.2) is 0 Å². The average Bonchev–Trinajstić information content (AvgIpc) is 2.57. The van der Waals surface area contributed by atoms with Crippen molar-refractivity contribution >= 4 is 35.0 Å². The Hall–Kier alpha value is -2.47. The Morgan fingerprint density at radius 3 is 2.84 bits per heavy atom. The van der Waals surface area contributed by atoms with Crippen molar-refractivity contribution in [3.63, 3.8) is 0 Å². The Morgan fingerprint density at radius 2 is 2.04 bits per heavy atom. The van der Waals surface area contributed by atoms with Crippen molar-refractivity contribution in [2.75, 3.05) is 16.4 Å². The number of aryl methyl sites for hydroxylation is 2. The first-order chi connectivity index (χ1) is 11.9. The molecule has 0 radical (unpaired) electrons. The summed E-state index contributed by atoms with van der Waals surface area (Å²) in [7, 11) is 0. The molecule has 25 heavy (non-hydrogen) atoms. The Balaban J connectivity index is 1.63. The smallest absolute Gasteiger partial charge is 0.265 e. The summed E-state index contributed by atoms with van der Waals surface area (Å²) in [6, 6.07) is 11.4. The highest BCUT2D eigenvalue weighted by Crippen LogP contribution is 2.32. The third-order valence-electron chi connectivity index (χ3n) is 3.90. The molecule has 130 valence electrons. The highest BCUT2D eigenvalue weighted by molar-refractivity contribution is 8.00. The Morgan fingerprint density at radius 1 is 1.24 bits per heavy atom. The standard InChI is InChI=1S/C19H20N2O3S/c1-11-4-5-12(2)17(8-11)25-10-18(22)20-14-6-7-16-15(9-14)21-19(23)13(3)24-16/h4-9,13H,10H2,1-3H3,(H,20,22)(H,21,23)/t13-/m1/s1. The summed E-state index contributed by atoms with van der Waals surface area (Å²) < 4.78 is 5.50. The highest BCUT2D eigenvalue weighted by atomic mass is 32.2. The van der Waals surface area contributed by atoms with Crippen LogP contribution in [-0.2, 0) is 9.59 Å². The third kappa shape index (κ3) is 4.14. The normalized spacial score (nSPS) is 15.8.